The average molecular weight is 715 g/mol. The molecule has 254 valence electrons. The van der Waals surface area contributed by atoms with Gasteiger partial charge in [-0.05, 0) is 84.6 Å². The molecule has 0 aliphatic heterocycles. The van der Waals surface area contributed by atoms with Crippen LogP contribution in [0.15, 0.2) is 102 Å². The van der Waals surface area contributed by atoms with Crippen molar-refractivity contribution in [2.24, 2.45) is 5.92 Å². The highest BCUT2D eigenvalue weighted by Crippen LogP contribution is 2.28. The molecule has 0 unspecified atom stereocenters. The molecule has 0 heterocycles. The van der Waals surface area contributed by atoms with E-state index in [-0.39, 0.29) is 34.5 Å². The van der Waals surface area contributed by atoms with E-state index in [9.17, 15) is 22.4 Å². The average Bonchev–Trinajstić information content (AvgIpc) is 3.06. The molecule has 0 bridgehead atoms. The van der Waals surface area contributed by atoms with Crippen molar-refractivity contribution in [2.45, 2.75) is 44.7 Å². The van der Waals surface area contributed by atoms with Crippen LogP contribution < -0.4 is 14.4 Å². The summed E-state index contributed by atoms with van der Waals surface area (Å²) in [6.07, 6.45) is 0.148. The van der Waals surface area contributed by atoms with Crippen LogP contribution in [-0.2, 0) is 32.6 Å². The van der Waals surface area contributed by atoms with Gasteiger partial charge in [0, 0.05) is 29.6 Å². The molecule has 0 aliphatic rings. The molecule has 48 heavy (non-hydrogen) atoms. The van der Waals surface area contributed by atoms with E-state index in [1.54, 1.807) is 24.3 Å². The number of carbonyl (C=O) groups is 2. The fourth-order valence-corrected chi connectivity index (χ4v) is 6.83. The Morgan fingerprint density at radius 2 is 1.58 bits per heavy atom. The number of nitrogens with one attached hydrogen (secondary N) is 1. The smallest absolute Gasteiger partial charge is 0.264 e. The second-order valence-corrected chi connectivity index (χ2v) is 14.2. The van der Waals surface area contributed by atoms with Crippen molar-refractivity contribution in [1.29, 1.82) is 0 Å². The zero-order valence-corrected chi connectivity index (χ0v) is 29.2. The van der Waals surface area contributed by atoms with Crippen LogP contribution in [-0.4, -0.2) is 50.9 Å². The summed E-state index contributed by atoms with van der Waals surface area (Å²) in [6, 6.07) is 23.6. The van der Waals surface area contributed by atoms with Gasteiger partial charge >= 0.3 is 0 Å². The van der Waals surface area contributed by atoms with Crippen LogP contribution in [0.25, 0.3) is 0 Å². The minimum absolute atomic E-state index is 0.116. The van der Waals surface area contributed by atoms with E-state index in [0.29, 0.717) is 29.5 Å². The van der Waals surface area contributed by atoms with Crippen LogP contribution in [0.1, 0.15) is 31.9 Å². The first-order valence-corrected chi connectivity index (χ1v) is 17.6. The molecule has 4 aromatic rings. The molecule has 0 saturated heterocycles. The number of hydrogen-bond acceptors (Lipinski definition) is 5. The number of halogens is 3. The van der Waals surface area contributed by atoms with E-state index in [0.717, 1.165) is 34.1 Å². The normalized spacial score (nSPS) is 12.0. The van der Waals surface area contributed by atoms with Crippen molar-refractivity contribution >= 4 is 50.7 Å². The van der Waals surface area contributed by atoms with Crippen molar-refractivity contribution < 1.29 is 27.1 Å². The molecule has 0 radical (unpaired) electrons. The molecule has 1 N–H and O–H groups in total. The molecule has 8 nitrogen and oxygen atoms in total. The molecule has 4 aromatic carbocycles. The predicted octanol–water partition coefficient (Wildman–Crippen LogP) is 7.14. The van der Waals surface area contributed by atoms with E-state index in [1.807, 2.05) is 51.1 Å². The third-order valence-corrected chi connectivity index (χ3v) is 9.80. The van der Waals surface area contributed by atoms with Crippen molar-refractivity contribution in [1.82, 2.24) is 10.2 Å². The van der Waals surface area contributed by atoms with Crippen molar-refractivity contribution in [3.05, 3.63) is 124 Å². The summed E-state index contributed by atoms with van der Waals surface area (Å²) in [4.78, 5) is 29.6. The summed E-state index contributed by atoms with van der Waals surface area (Å²) in [6.45, 7) is 5.71. The standard InChI is InChI=1S/C36H38Cl2FN3O5S/c1-4-47-31-16-14-30(15-17-31)42(48(45,46)32-18-12-29(39)13-19-32)24-35(43)41(23-27-10-11-28(37)21-33(27)38)34(36(44)40-22-25(2)3)20-26-8-6-5-7-9-26/h5-19,21,25,34H,4,20,22-24H2,1-3H3,(H,40,44)/t34-/m0/s1. The number of ether oxygens (including phenoxy) is 1. The van der Waals surface area contributed by atoms with Gasteiger partial charge in [-0.15, -0.1) is 0 Å². The van der Waals surface area contributed by atoms with Crippen molar-refractivity contribution in [3.8, 4) is 5.75 Å². The Labute approximate surface area is 291 Å². The summed E-state index contributed by atoms with van der Waals surface area (Å²) in [5, 5.41) is 3.62. The van der Waals surface area contributed by atoms with Crippen LogP contribution in [0.5, 0.6) is 5.75 Å². The SMILES string of the molecule is CCOc1ccc(N(CC(=O)N(Cc2ccc(Cl)cc2Cl)[C@@H](Cc2ccccc2)C(=O)NCC(C)C)S(=O)(=O)c2ccc(F)cc2)cc1. The molecule has 0 aromatic heterocycles. The zero-order chi connectivity index (χ0) is 34.8. The second-order valence-electron chi connectivity index (χ2n) is 11.5. The van der Waals surface area contributed by atoms with Crippen LogP contribution >= 0.6 is 23.2 Å². The van der Waals surface area contributed by atoms with Crippen molar-refractivity contribution in [3.63, 3.8) is 0 Å². The van der Waals surface area contributed by atoms with Gasteiger partial charge in [-0.25, -0.2) is 12.8 Å². The molecular formula is C36H38Cl2FN3O5S. The Bertz CT molecular complexity index is 1790. The highest BCUT2D eigenvalue weighted by molar-refractivity contribution is 7.92. The lowest BCUT2D eigenvalue weighted by atomic mass is 10.0. The molecule has 0 fully saturated rings. The van der Waals surface area contributed by atoms with E-state index >= 15 is 0 Å². The lowest BCUT2D eigenvalue weighted by Gasteiger charge is -2.34. The van der Waals surface area contributed by atoms with Crippen LogP contribution in [0.2, 0.25) is 10.0 Å². The predicted molar refractivity (Wildman–Crippen MR) is 187 cm³/mol. The van der Waals surface area contributed by atoms with Crippen molar-refractivity contribution in [2.75, 3.05) is 24.0 Å². The second kappa shape index (κ2) is 16.8. The Kier molecular flexibility index (Phi) is 12.9. The topological polar surface area (TPSA) is 96.0 Å². The Hall–Kier alpha value is -4.12. The van der Waals surface area contributed by atoms with Gasteiger partial charge < -0.3 is 15.0 Å². The number of anilines is 1. The third-order valence-electron chi connectivity index (χ3n) is 7.43. The molecule has 0 saturated carbocycles. The molecule has 12 heteroatoms. The summed E-state index contributed by atoms with van der Waals surface area (Å²) in [5.74, 6) is -1.03. The van der Waals surface area contributed by atoms with Crippen LogP contribution in [0, 0.1) is 11.7 Å². The zero-order valence-electron chi connectivity index (χ0n) is 26.9. The Balaban J connectivity index is 1.82. The maximum absolute atomic E-state index is 14.6. The fourth-order valence-electron chi connectivity index (χ4n) is 4.95. The van der Waals surface area contributed by atoms with Crippen LogP contribution in [0.3, 0.4) is 0 Å². The van der Waals surface area contributed by atoms with E-state index in [2.05, 4.69) is 5.32 Å². The fraction of sp³-hybridized carbons (Fsp3) is 0.278. The minimum atomic E-state index is -4.40. The first kappa shape index (κ1) is 36.7. The van der Waals surface area contributed by atoms with Gasteiger partial charge in [0.05, 0.1) is 17.2 Å². The number of rotatable bonds is 15. The van der Waals surface area contributed by atoms with E-state index in [1.165, 1.54) is 23.1 Å². The highest BCUT2D eigenvalue weighted by Gasteiger charge is 2.35. The number of amides is 2. The minimum Gasteiger partial charge on any atom is -0.494 e. The van der Waals surface area contributed by atoms with Gasteiger partial charge in [0.15, 0.2) is 0 Å². The van der Waals surface area contributed by atoms with Gasteiger partial charge in [-0.3, -0.25) is 13.9 Å². The summed E-state index contributed by atoms with van der Waals surface area (Å²) < 4.78 is 48.5. The van der Waals surface area contributed by atoms with Gasteiger partial charge in [0.1, 0.15) is 24.2 Å². The molecular weight excluding hydrogens is 676 g/mol. The van der Waals surface area contributed by atoms with Gasteiger partial charge in [-0.1, -0.05) is 73.4 Å². The molecule has 0 aliphatic carbocycles. The molecule has 1 atom stereocenters. The first-order chi connectivity index (χ1) is 22.9. The number of benzene rings is 4. The maximum atomic E-state index is 14.6. The number of carbonyl (C=O) groups excluding carboxylic acids is 2. The summed E-state index contributed by atoms with van der Waals surface area (Å²) >= 11 is 12.7. The lowest BCUT2D eigenvalue weighted by Crippen LogP contribution is -2.53. The van der Waals surface area contributed by atoms with Gasteiger partial charge in [0.25, 0.3) is 10.0 Å². The number of hydrogen-bond donors (Lipinski definition) is 1. The summed E-state index contributed by atoms with van der Waals surface area (Å²) in [5.41, 5.74) is 1.48. The molecule has 4 rings (SSSR count). The lowest BCUT2D eigenvalue weighted by molar-refractivity contribution is -0.140. The maximum Gasteiger partial charge on any atom is 0.264 e. The number of sulfonamides is 1. The quantitative estimate of drug-likeness (QED) is 0.141. The highest BCUT2D eigenvalue weighted by atomic mass is 35.5. The Morgan fingerprint density at radius 1 is 0.917 bits per heavy atom. The molecule has 2 amide bonds. The third kappa shape index (κ3) is 9.71. The monoisotopic (exact) mass is 713 g/mol. The first-order valence-electron chi connectivity index (χ1n) is 15.4. The van der Waals surface area contributed by atoms with Gasteiger partial charge in [0.2, 0.25) is 11.8 Å². The Morgan fingerprint density at radius 3 is 2.19 bits per heavy atom. The van der Waals surface area contributed by atoms with E-state index < -0.39 is 40.2 Å². The molecule has 0 spiro atoms. The summed E-state index contributed by atoms with van der Waals surface area (Å²) in [7, 11) is -4.40. The van der Waals surface area contributed by atoms with Gasteiger partial charge in [-0.2, -0.15) is 0 Å². The largest absolute Gasteiger partial charge is 0.494 e. The van der Waals surface area contributed by atoms with E-state index in [4.69, 9.17) is 27.9 Å². The number of nitrogens with zero attached hydrogens (tertiary/aromatic N) is 2. The van der Waals surface area contributed by atoms with Crippen LogP contribution in [0.4, 0.5) is 10.1 Å².